The lowest BCUT2D eigenvalue weighted by molar-refractivity contribution is 0.102. The predicted molar refractivity (Wildman–Crippen MR) is 116 cm³/mol. The van der Waals surface area contributed by atoms with Gasteiger partial charge in [0.25, 0.3) is 5.91 Å². The summed E-state index contributed by atoms with van der Waals surface area (Å²) in [7, 11) is 0. The number of nitrogens with zero attached hydrogens (tertiary/aromatic N) is 2. The summed E-state index contributed by atoms with van der Waals surface area (Å²) in [6.07, 6.45) is 3.20. The molecule has 0 spiro atoms. The topological polar surface area (TPSA) is 91.8 Å². The zero-order chi connectivity index (χ0) is 22.1. The maximum atomic E-state index is 12.9. The van der Waals surface area contributed by atoms with Crippen LogP contribution in [-0.2, 0) is 0 Å². The van der Waals surface area contributed by atoms with Crippen LogP contribution in [0.3, 0.4) is 0 Å². The lowest BCUT2D eigenvalue weighted by Gasteiger charge is -2.17. The molecule has 1 N–H and O–H groups in total. The number of nitrogens with one attached hydrogen (secondary N) is 1. The fourth-order valence-corrected chi connectivity index (χ4v) is 2.77. The first kappa shape index (κ1) is 21.9. The molecule has 1 amide bonds. The summed E-state index contributed by atoms with van der Waals surface area (Å²) in [5.41, 5.74) is 1.00. The van der Waals surface area contributed by atoms with E-state index in [1.165, 1.54) is 0 Å². The molecular formula is C23H25N3O5. The van der Waals surface area contributed by atoms with Gasteiger partial charge in [-0.3, -0.25) is 4.79 Å². The average molecular weight is 423 g/mol. The molecule has 0 fully saturated rings. The van der Waals surface area contributed by atoms with Crippen LogP contribution in [0, 0.1) is 0 Å². The van der Waals surface area contributed by atoms with Crippen molar-refractivity contribution in [1.29, 1.82) is 0 Å². The molecule has 2 aromatic carbocycles. The Morgan fingerprint density at radius 2 is 1.45 bits per heavy atom. The summed E-state index contributed by atoms with van der Waals surface area (Å²) >= 11 is 0. The average Bonchev–Trinajstić information content (AvgIpc) is 2.78. The van der Waals surface area contributed by atoms with Crippen molar-refractivity contribution in [3.63, 3.8) is 0 Å². The van der Waals surface area contributed by atoms with Crippen molar-refractivity contribution in [2.45, 2.75) is 20.8 Å². The van der Waals surface area contributed by atoms with Gasteiger partial charge in [-0.25, -0.2) is 9.97 Å². The number of carbonyl (C=O) groups is 1. The van der Waals surface area contributed by atoms with Crippen molar-refractivity contribution in [2.75, 3.05) is 25.1 Å². The summed E-state index contributed by atoms with van der Waals surface area (Å²) < 4.78 is 22.6. The van der Waals surface area contributed by atoms with Crippen LogP contribution in [0.1, 0.15) is 31.1 Å². The molecule has 162 valence electrons. The second-order valence-corrected chi connectivity index (χ2v) is 6.21. The number of ether oxygens (including phenoxy) is 4. The van der Waals surface area contributed by atoms with Crippen molar-refractivity contribution < 1.29 is 23.7 Å². The second-order valence-electron chi connectivity index (χ2n) is 6.21. The first-order valence-electron chi connectivity index (χ1n) is 10.1. The monoisotopic (exact) mass is 423 g/mol. The number of amides is 1. The number of carbonyl (C=O) groups excluding carboxylic acids is 1. The largest absolute Gasteiger partial charge is 0.490 e. The summed E-state index contributed by atoms with van der Waals surface area (Å²) in [5, 5.41) is 2.86. The molecule has 1 heterocycles. The fraction of sp³-hybridized carbons (Fsp3) is 0.261. The molecule has 0 saturated carbocycles. The van der Waals surface area contributed by atoms with Gasteiger partial charge in [0, 0.05) is 23.6 Å². The van der Waals surface area contributed by atoms with Crippen LogP contribution in [0.15, 0.2) is 54.9 Å². The molecule has 3 rings (SSSR count). The molecule has 8 heteroatoms. The molecule has 31 heavy (non-hydrogen) atoms. The third-order valence-corrected chi connectivity index (χ3v) is 4.03. The summed E-state index contributed by atoms with van der Waals surface area (Å²) in [4.78, 5) is 20.9. The van der Waals surface area contributed by atoms with Gasteiger partial charge in [0.05, 0.1) is 19.8 Å². The molecule has 0 aliphatic rings. The summed E-state index contributed by atoms with van der Waals surface area (Å²) in [5.74, 6) is 1.68. The van der Waals surface area contributed by atoms with Gasteiger partial charge < -0.3 is 24.3 Å². The molecule has 3 aromatic rings. The summed E-state index contributed by atoms with van der Waals surface area (Å²) in [6.45, 7) is 6.93. The van der Waals surface area contributed by atoms with Gasteiger partial charge in [-0.15, -0.1) is 0 Å². The molecule has 0 atom stereocenters. The van der Waals surface area contributed by atoms with Crippen LogP contribution in [0.5, 0.6) is 29.0 Å². The highest BCUT2D eigenvalue weighted by Gasteiger charge is 2.18. The van der Waals surface area contributed by atoms with E-state index in [2.05, 4.69) is 15.3 Å². The Morgan fingerprint density at radius 3 is 2.00 bits per heavy atom. The Kier molecular flexibility index (Phi) is 7.64. The van der Waals surface area contributed by atoms with Gasteiger partial charge in [0.15, 0.2) is 11.5 Å². The number of rotatable bonds is 10. The maximum absolute atomic E-state index is 12.9. The lowest BCUT2D eigenvalue weighted by atomic mass is 10.1. The third kappa shape index (κ3) is 5.85. The lowest BCUT2D eigenvalue weighted by Crippen LogP contribution is -2.13. The van der Waals surface area contributed by atoms with Crippen molar-refractivity contribution >= 4 is 11.6 Å². The van der Waals surface area contributed by atoms with Gasteiger partial charge in [-0.05, 0) is 63.2 Å². The standard InChI is InChI=1S/C23H25N3O5/c1-4-28-19-14-16(15-20(29-5-2)21(19)30-6-3)22(27)26-17-8-10-18(11-9-17)31-23-24-12-7-13-25-23/h7-15H,4-6H2,1-3H3,(H,26,27). The van der Waals surface area contributed by atoms with E-state index in [1.54, 1.807) is 54.9 Å². The normalized spacial score (nSPS) is 10.3. The number of hydrogen-bond donors (Lipinski definition) is 1. The minimum absolute atomic E-state index is 0.251. The van der Waals surface area contributed by atoms with Crippen LogP contribution in [-0.4, -0.2) is 35.7 Å². The van der Waals surface area contributed by atoms with Crippen molar-refractivity contribution in [2.24, 2.45) is 0 Å². The highest BCUT2D eigenvalue weighted by atomic mass is 16.5. The highest BCUT2D eigenvalue weighted by molar-refractivity contribution is 6.05. The number of anilines is 1. The Morgan fingerprint density at radius 1 is 0.871 bits per heavy atom. The van der Waals surface area contributed by atoms with Crippen molar-refractivity contribution in [3.8, 4) is 29.0 Å². The Bertz CT molecular complexity index is 967. The first-order valence-corrected chi connectivity index (χ1v) is 10.1. The predicted octanol–water partition coefficient (Wildman–Crippen LogP) is 4.72. The molecule has 0 unspecified atom stereocenters. The Labute approximate surface area is 181 Å². The third-order valence-electron chi connectivity index (χ3n) is 4.03. The SMILES string of the molecule is CCOc1cc(C(=O)Nc2ccc(Oc3ncccn3)cc2)cc(OCC)c1OCC. The molecule has 1 aromatic heterocycles. The van der Waals surface area contributed by atoms with Crippen molar-refractivity contribution in [3.05, 3.63) is 60.4 Å². The number of hydrogen-bond acceptors (Lipinski definition) is 7. The zero-order valence-corrected chi connectivity index (χ0v) is 17.8. The van der Waals surface area contributed by atoms with Crippen LogP contribution in [0.2, 0.25) is 0 Å². The van der Waals surface area contributed by atoms with Gasteiger partial charge in [0.2, 0.25) is 5.75 Å². The van der Waals surface area contributed by atoms with Crippen LogP contribution in [0.25, 0.3) is 0 Å². The Hall–Kier alpha value is -3.81. The van der Waals surface area contributed by atoms with Gasteiger partial charge in [0.1, 0.15) is 5.75 Å². The smallest absolute Gasteiger partial charge is 0.321 e. The van der Waals surface area contributed by atoms with E-state index in [0.717, 1.165) is 0 Å². The fourth-order valence-electron chi connectivity index (χ4n) is 2.77. The number of aromatic nitrogens is 2. The van der Waals surface area contributed by atoms with Crippen LogP contribution < -0.4 is 24.3 Å². The Balaban J connectivity index is 1.77. The van der Waals surface area contributed by atoms with Gasteiger partial charge in [-0.1, -0.05) is 0 Å². The second kappa shape index (κ2) is 10.8. The van der Waals surface area contributed by atoms with Crippen molar-refractivity contribution in [1.82, 2.24) is 9.97 Å². The van der Waals surface area contributed by atoms with E-state index in [-0.39, 0.29) is 11.9 Å². The molecule has 0 bridgehead atoms. The van der Waals surface area contributed by atoms with E-state index in [4.69, 9.17) is 18.9 Å². The highest BCUT2D eigenvalue weighted by Crippen LogP contribution is 2.39. The minimum atomic E-state index is -0.301. The minimum Gasteiger partial charge on any atom is -0.490 e. The quantitative estimate of drug-likeness (QED) is 0.504. The molecule has 0 aliphatic heterocycles. The van der Waals surface area contributed by atoms with Crippen LogP contribution >= 0.6 is 0 Å². The number of benzene rings is 2. The molecule has 8 nitrogen and oxygen atoms in total. The molecule has 0 aliphatic carbocycles. The van der Waals surface area contributed by atoms with Crippen LogP contribution in [0.4, 0.5) is 5.69 Å². The van der Waals surface area contributed by atoms with E-state index >= 15 is 0 Å². The van der Waals surface area contributed by atoms with E-state index in [0.29, 0.717) is 54.1 Å². The zero-order valence-electron chi connectivity index (χ0n) is 17.8. The van der Waals surface area contributed by atoms with Gasteiger partial charge in [-0.2, -0.15) is 0 Å². The summed E-state index contributed by atoms with van der Waals surface area (Å²) in [6, 6.07) is 12.2. The van der Waals surface area contributed by atoms with E-state index in [1.807, 2.05) is 20.8 Å². The first-order chi connectivity index (χ1) is 15.1. The molecule has 0 saturated heterocycles. The van der Waals surface area contributed by atoms with Gasteiger partial charge >= 0.3 is 6.01 Å². The van der Waals surface area contributed by atoms with E-state index < -0.39 is 0 Å². The molecule has 0 radical (unpaired) electrons. The van der Waals surface area contributed by atoms with E-state index in [9.17, 15) is 4.79 Å². The maximum Gasteiger partial charge on any atom is 0.321 e. The molecular weight excluding hydrogens is 398 g/mol.